The molecule has 82 valence electrons. The van der Waals surface area contributed by atoms with E-state index >= 15 is 0 Å². The van der Waals surface area contributed by atoms with Crippen molar-refractivity contribution in [2.75, 3.05) is 0 Å². The SMILES string of the molecule is CC(=O)N[C@H]1C(O)[C@@H](N)C(C)O[C@H]1O. The summed E-state index contributed by atoms with van der Waals surface area (Å²) in [5.74, 6) is -0.349. The molecule has 1 amide bonds. The fourth-order valence-electron chi connectivity index (χ4n) is 1.47. The minimum Gasteiger partial charge on any atom is -0.389 e. The van der Waals surface area contributed by atoms with E-state index < -0.39 is 30.6 Å². The third-order valence-corrected chi connectivity index (χ3v) is 2.34. The Morgan fingerprint density at radius 1 is 1.50 bits per heavy atom. The number of aliphatic hydroxyl groups is 2. The molecule has 0 spiro atoms. The van der Waals surface area contributed by atoms with Gasteiger partial charge >= 0.3 is 0 Å². The summed E-state index contributed by atoms with van der Waals surface area (Å²) in [7, 11) is 0. The summed E-state index contributed by atoms with van der Waals surface area (Å²) in [6.45, 7) is 2.95. The Bertz CT molecular complexity index is 223. The summed E-state index contributed by atoms with van der Waals surface area (Å²) in [4.78, 5) is 10.8. The molecule has 0 saturated carbocycles. The molecular formula is C8H16N2O4. The summed E-state index contributed by atoms with van der Waals surface area (Å²) in [5, 5.41) is 21.5. The average molecular weight is 204 g/mol. The zero-order chi connectivity index (χ0) is 10.9. The van der Waals surface area contributed by atoms with E-state index in [4.69, 9.17) is 10.5 Å². The highest BCUT2D eigenvalue weighted by molar-refractivity contribution is 5.73. The van der Waals surface area contributed by atoms with Gasteiger partial charge in [0.05, 0.1) is 18.2 Å². The molecule has 1 rings (SSSR count). The molecule has 5 atom stereocenters. The monoisotopic (exact) mass is 204 g/mol. The van der Waals surface area contributed by atoms with Crippen molar-refractivity contribution >= 4 is 5.91 Å². The van der Waals surface area contributed by atoms with E-state index in [1.807, 2.05) is 0 Å². The first-order chi connectivity index (χ1) is 6.43. The Morgan fingerprint density at radius 3 is 2.57 bits per heavy atom. The van der Waals surface area contributed by atoms with Crippen molar-refractivity contribution in [3.63, 3.8) is 0 Å². The normalized spacial score (nSPS) is 43.4. The van der Waals surface area contributed by atoms with Gasteiger partial charge in [0.1, 0.15) is 6.04 Å². The number of carbonyl (C=O) groups is 1. The Hall–Kier alpha value is -0.690. The van der Waals surface area contributed by atoms with Crippen LogP contribution in [0.1, 0.15) is 13.8 Å². The van der Waals surface area contributed by atoms with Gasteiger partial charge < -0.3 is 26.0 Å². The molecule has 0 bridgehead atoms. The highest BCUT2D eigenvalue weighted by Gasteiger charge is 2.41. The number of carbonyl (C=O) groups excluding carboxylic acids is 1. The smallest absolute Gasteiger partial charge is 0.217 e. The van der Waals surface area contributed by atoms with Crippen molar-refractivity contribution in [3.05, 3.63) is 0 Å². The van der Waals surface area contributed by atoms with Gasteiger partial charge in [-0.05, 0) is 6.92 Å². The van der Waals surface area contributed by atoms with Gasteiger partial charge in [-0.25, -0.2) is 0 Å². The van der Waals surface area contributed by atoms with E-state index in [9.17, 15) is 15.0 Å². The van der Waals surface area contributed by atoms with Crippen molar-refractivity contribution in [1.29, 1.82) is 0 Å². The van der Waals surface area contributed by atoms with Gasteiger partial charge in [0, 0.05) is 6.92 Å². The van der Waals surface area contributed by atoms with Crippen LogP contribution in [0.3, 0.4) is 0 Å². The number of hydrogen-bond donors (Lipinski definition) is 4. The Labute approximate surface area is 82.0 Å². The van der Waals surface area contributed by atoms with Crippen LogP contribution in [-0.4, -0.2) is 46.7 Å². The molecule has 6 nitrogen and oxygen atoms in total. The predicted octanol–water partition coefficient (Wildman–Crippen LogP) is -2.08. The maximum absolute atomic E-state index is 10.8. The molecule has 1 saturated heterocycles. The molecule has 0 aromatic heterocycles. The van der Waals surface area contributed by atoms with Gasteiger partial charge in [-0.3, -0.25) is 4.79 Å². The second-order valence-corrected chi connectivity index (χ2v) is 3.53. The van der Waals surface area contributed by atoms with Crippen molar-refractivity contribution in [2.45, 2.75) is 44.4 Å². The van der Waals surface area contributed by atoms with Gasteiger partial charge in [0.2, 0.25) is 5.91 Å². The number of rotatable bonds is 1. The van der Waals surface area contributed by atoms with E-state index in [2.05, 4.69) is 5.32 Å². The molecule has 14 heavy (non-hydrogen) atoms. The van der Waals surface area contributed by atoms with Crippen LogP contribution in [0.4, 0.5) is 0 Å². The van der Waals surface area contributed by atoms with Crippen LogP contribution in [-0.2, 0) is 9.53 Å². The Balaban J connectivity index is 2.68. The van der Waals surface area contributed by atoms with Gasteiger partial charge in [-0.15, -0.1) is 0 Å². The largest absolute Gasteiger partial charge is 0.389 e. The second-order valence-electron chi connectivity index (χ2n) is 3.53. The lowest BCUT2D eigenvalue weighted by Crippen LogP contribution is -2.65. The highest BCUT2D eigenvalue weighted by atomic mass is 16.6. The topological polar surface area (TPSA) is 105 Å². The molecule has 6 heteroatoms. The van der Waals surface area contributed by atoms with E-state index in [1.54, 1.807) is 6.92 Å². The van der Waals surface area contributed by atoms with Crippen molar-refractivity contribution in [2.24, 2.45) is 5.73 Å². The number of hydrogen-bond acceptors (Lipinski definition) is 5. The second kappa shape index (κ2) is 4.22. The number of nitrogens with two attached hydrogens (primary N) is 1. The molecule has 0 radical (unpaired) electrons. The zero-order valence-corrected chi connectivity index (χ0v) is 8.18. The van der Waals surface area contributed by atoms with Crippen LogP contribution in [0.2, 0.25) is 0 Å². The minimum atomic E-state index is -1.22. The summed E-state index contributed by atoms with van der Waals surface area (Å²) in [5.41, 5.74) is 5.61. The summed E-state index contributed by atoms with van der Waals surface area (Å²) in [6.07, 6.45) is -2.66. The third kappa shape index (κ3) is 2.21. The first-order valence-corrected chi connectivity index (χ1v) is 4.47. The molecule has 1 heterocycles. The molecule has 1 fully saturated rings. The predicted molar refractivity (Wildman–Crippen MR) is 48.1 cm³/mol. The van der Waals surface area contributed by atoms with Crippen molar-refractivity contribution in [3.8, 4) is 0 Å². The van der Waals surface area contributed by atoms with Crippen LogP contribution in [0.15, 0.2) is 0 Å². The van der Waals surface area contributed by atoms with E-state index in [-0.39, 0.29) is 5.91 Å². The first-order valence-electron chi connectivity index (χ1n) is 4.47. The quantitative estimate of drug-likeness (QED) is 0.392. The lowest BCUT2D eigenvalue weighted by Gasteiger charge is -2.40. The standard InChI is InChI=1S/C8H16N2O4/c1-3-5(9)7(12)6(8(13)14-3)10-4(2)11/h3,5-8,12-13H,9H2,1-2H3,(H,10,11)/t3?,5-,6-,7?,8+/m0/s1. The zero-order valence-electron chi connectivity index (χ0n) is 8.18. The summed E-state index contributed by atoms with van der Waals surface area (Å²) in [6, 6.07) is -1.48. The molecule has 1 aliphatic rings. The summed E-state index contributed by atoms with van der Waals surface area (Å²) >= 11 is 0. The molecule has 1 aliphatic heterocycles. The Kier molecular flexibility index (Phi) is 3.43. The first kappa shape index (κ1) is 11.4. The fraction of sp³-hybridized carbons (Fsp3) is 0.875. The number of nitrogens with one attached hydrogen (secondary N) is 1. The Morgan fingerprint density at radius 2 is 2.07 bits per heavy atom. The number of aliphatic hydroxyl groups excluding tert-OH is 2. The fourth-order valence-corrected chi connectivity index (χ4v) is 1.47. The lowest BCUT2D eigenvalue weighted by atomic mass is 9.96. The van der Waals surface area contributed by atoms with Crippen LogP contribution in [0.25, 0.3) is 0 Å². The third-order valence-electron chi connectivity index (χ3n) is 2.34. The van der Waals surface area contributed by atoms with Gasteiger partial charge in [0.25, 0.3) is 0 Å². The molecule has 2 unspecified atom stereocenters. The average Bonchev–Trinajstić information content (AvgIpc) is 2.09. The van der Waals surface area contributed by atoms with Crippen LogP contribution < -0.4 is 11.1 Å². The van der Waals surface area contributed by atoms with E-state index in [0.717, 1.165) is 0 Å². The maximum Gasteiger partial charge on any atom is 0.217 e. The molecule has 0 aromatic carbocycles. The van der Waals surface area contributed by atoms with E-state index in [1.165, 1.54) is 6.92 Å². The van der Waals surface area contributed by atoms with Crippen LogP contribution >= 0.6 is 0 Å². The molecule has 0 aromatic rings. The maximum atomic E-state index is 10.8. The van der Waals surface area contributed by atoms with Gasteiger partial charge in [-0.2, -0.15) is 0 Å². The lowest BCUT2D eigenvalue weighted by molar-refractivity contribution is -0.210. The molecule has 0 aliphatic carbocycles. The van der Waals surface area contributed by atoms with Crippen LogP contribution in [0, 0.1) is 0 Å². The van der Waals surface area contributed by atoms with E-state index in [0.29, 0.717) is 0 Å². The van der Waals surface area contributed by atoms with Crippen molar-refractivity contribution < 1.29 is 19.7 Å². The summed E-state index contributed by atoms with van der Waals surface area (Å²) < 4.78 is 5.04. The number of amides is 1. The van der Waals surface area contributed by atoms with Gasteiger partial charge in [0.15, 0.2) is 6.29 Å². The number of ether oxygens (including phenoxy) is 1. The van der Waals surface area contributed by atoms with Crippen molar-refractivity contribution in [1.82, 2.24) is 5.32 Å². The minimum absolute atomic E-state index is 0.349. The highest BCUT2D eigenvalue weighted by Crippen LogP contribution is 2.17. The molecule has 5 N–H and O–H groups in total. The van der Waals surface area contributed by atoms with Gasteiger partial charge in [-0.1, -0.05) is 0 Å². The molecular weight excluding hydrogens is 188 g/mol. The van der Waals surface area contributed by atoms with Crippen LogP contribution in [0.5, 0.6) is 0 Å².